The average Bonchev–Trinajstić information content (AvgIpc) is 3.15. The number of non-ortho nitro benzene ring substituents is 1. The summed E-state index contributed by atoms with van der Waals surface area (Å²) in [5.41, 5.74) is 2.42. The van der Waals surface area contributed by atoms with E-state index >= 15 is 0 Å². The molecule has 1 fully saturated rings. The van der Waals surface area contributed by atoms with Gasteiger partial charge in [0.15, 0.2) is 0 Å². The fourth-order valence-electron chi connectivity index (χ4n) is 5.09. The predicted octanol–water partition coefficient (Wildman–Crippen LogP) is 6.68. The van der Waals surface area contributed by atoms with Gasteiger partial charge in [-0.15, -0.1) is 23.4 Å². The third-order valence-electron chi connectivity index (χ3n) is 6.58. The van der Waals surface area contributed by atoms with Gasteiger partial charge in [-0.2, -0.15) is 0 Å². The number of anilines is 1. The van der Waals surface area contributed by atoms with E-state index in [0.717, 1.165) is 16.8 Å². The fraction of sp³-hybridized carbons (Fsp3) is 0.250. The number of nitro groups is 2. The summed E-state index contributed by atoms with van der Waals surface area (Å²) in [6.45, 7) is 0. The highest BCUT2D eigenvalue weighted by Gasteiger charge is 2.50. The number of halogens is 2. The Hall–Kier alpha value is -3.17. The minimum absolute atomic E-state index is 0.0156. The summed E-state index contributed by atoms with van der Waals surface area (Å²) in [5, 5.41) is 25.9. The molecule has 10 heteroatoms. The van der Waals surface area contributed by atoms with Gasteiger partial charge >= 0.3 is 0 Å². The van der Waals surface area contributed by atoms with Gasteiger partial charge in [0.2, 0.25) is 0 Å². The molecular formula is C24H19ClFN3O4S. The van der Waals surface area contributed by atoms with Gasteiger partial charge < -0.3 is 5.32 Å². The SMILES string of the molecule is O=[N+]([O-])c1ccc2c(c1)[C@@H]1[C@H](Cl)[C@H](Sc3ccccc3[N+](=O)[O-])C[C@@H]1[C@@H](c1ccc(F)cc1)N2. The quantitative estimate of drug-likeness (QED) is 0.239. The van der Waals surface area contributed by atoms with Crippen molar-refractivity contribution in [3.8, 4) is 0 Å². The van der Waals surface area contributed by atoms with Gasteiger partial charge in [-0.1, -0.05) is 24.3 Å². The van der Waals surface area contributed by atoms with E-state index in [1.807, 2.05) is 0 Å². The lowest BCUT2D eigenvalue weighted by Crippen LogP contribution is -2.31. The number of alkyl halides is 1. The van der Waals surface area contributed by atoms with E-state index in [2.05, 4.69) is 5.32 Å². The van der Waals surface area contributed by atoms with E-state index < -0.39 is 15.2 Å². The molecule has 1 aliphatic carbocycles. The molecular weight excluding hydrogens is 481 g/mol. The third kappa shape index (κ3) is 3.99. The highest BCUT2D eigenvalue weighted by molar-refractivity contribution is 8.00. The summed E-state index contributed by atoms with van der Waals surface area (Å²) < 4.78 is 13.6. The van der Waals surface area contributed by atoms with Crippen LogP contribution in [0.3, 0.4) is 0 Å². The molecule has 3 aromatic rings. The Bertz CT molecular complexity index is 1280. The normalized spacial score (nSPS) is 25.2. The lowest BCUT2D eigenvalue weighted by Gasteiger charge is -2.38. The zero-order valence-corrected chi connectivity index (χ0v) is 19.2. The van der Waals surface area contributed by atoms with Crippen LogP contribution in [0.2, 0.25) is 0 Å². The maximum absolute atomic E-state index is 13.6. The predicted molar refractivity (Wildman–Crippen MR) is 129 cm³/mol. The van der Waals surface area contributed by atoms with Gasteiger partial charge in [0.05, 0.1) is 26.2 Å². The summed E-state index contributed by atoms with van der Waals surface area (Å²) in [6, 6.07) is 17.3. The Morgan fingerprint density at radius 1 is 1.00 bits per heavy atom. The number of nitro benzene ring substituents is 2. The zero-order chi connectivity index (χ0) is 24.0. The molecule has 5 atom stereocenters. The van der Waals surface area contributed by atoms with Crippen molar-refractivity contribution in [2.45, 2.75) is 33.9 Å². The number of para-hydroxylation sites is 1. The summed E-state index contributed by atoms with van der Waals surface area (Å²) in [6.07, 6.45) is 0.632. The molecule has 7 nitrogen and oxygen atoms in total. The first-order valence-corrected chi connectivity index (χ1v) is 12.0. The minimum atomic E-state index is -0.431. The Morgan fingerprint density at radius 2 is 1.74 bits per heavy atom. The third-order valence-corrected chi connectivity index (χ3v) is 8.69. The number of benzene rings is 3. The van der Waals surface area contributed by atoms with Crippen LogP contribution in [0.25, 0.3) is 0 Å². The fourth-order valence-corrected chi connectivity index (χ4v) is 7.03. The molecule has 1 heterocycles. The van der Waals surface area contributed by atoms with Gasteiger partial charge in [0, 0.05) is 35.1 Å². The van der Waals surface area contributed by atoms with Crippen LogP contribution >= 0.6 is 23.4 Å². The second-order valence-corrected chi connectivity index (χ2v) is 10.2. The first kappa shape index (κ1) is 22.6. The second kappa shape index (κ2) is 8.88. The molecule has 1 saturated carbocycles. The maximum Gasteiger partial charge on any atom is 0.282 e. The van der Waals surface area contributed by atoms with E-state index in [1.54, 1.807) is 42.5 Å². The van der Waals surface area contributed by atoms with E-state index in [9.17, 15) is 24.6 Å². The zero-order valence-electron chi connectivity index (χ0n) is 17.6. The molecule has 0 amide bonds. The van der Waals surface area contributed by atoms with Crippen molar-refractivity contribution in [2.24, 2.45) is 5.92 Å². The molecule has 2 aliphatic rings. The molecule has 0 bridgehead atoms. The summed E-state index contributed by atoms with van der Waals surface area (Å²) in [4.78, 5) is 22.6. The van der Waals surface area contributed by atoms with Crippen LogP contribution in [-0.4, -0.2) is 20.5 Å². The Balaban J connectivity index is 1.55. The van der Waals surface area contributed by atoms with E-state index in [4.69, 9.17) is 11.6 Å². The van der Waals surface area contributed by atoms with Crippen LogP contribution in [0.5, 0.6) is 0 Å². The van der Waals surface area contributed by atoms with Gasteiger partial charge in [0.1, 0.15) is 5.82 Å². The van der Waals surface area contributed by atoms with Crippen molar-refractivity contribution >= 4 is 40.4 Å². The van der Waals surface area contributed by atoms with Crippen LogP contribution in [0, 0.1) is 32.0 Å². The molecule has 5 rings (SSSR count). The van der Waals surface area contributed by atoms with Crippen LogP contribution in [0.1, 0.15) is 29.5 Å². The van der Waals surface area contributed by atoms with Crippen molar-refractivity contribution in [1.82, 2.24) is 0 Å². The summed E-state index contributed by atoms with van der Waals surface area (Å²) >= 11 is 8.39. The molecule has 0 saturated heterocycles. The molecule has 1 N–H and O–H groups in total. The van der Waals surface area contributed by atoms with Crippen molar-refractivity contribution < 1.29 is 14.2 Å². The molecule has 0 spiro atoms. The summed E-state index contributed by atoms with van der Waals surface area (Å²) in [7, 11) is 0. The Morgan fingerprint density at radius 3 is 2.44 bits per heavy atom. The molecule has 1 aliphatic heterocycles. The first-order valence-electron chi connectivity index (χ1n) is 10.7. The highest BCUT2D eigenvalue weighted by Crippen LogP contribution is 2.58. The largest absolute Gasteiger partial charge is 0.378 e. The maximum atomic E-state index is 13.6. The van der Waals surface area contributed by atoms with Gasteiger partial charge in [0.25, 0.3) is 11.4 Å². The number of hydrogen-bond acceptors (Lipinski definition) is 6. The number of hydrogen-bond donors (Lipinski definition) is 1. The molecule has 174 valence electrons. The lowest BCUT2D eigenvalue weighted by atomic mass is 9.77. The Kier molecular flexibility index (Phi) is 5.91. The van der Waals surface area contributed by atoms with Crippen LogP contribution in [0.4, 0.5) is 21.5 Å². The van der Waals surface area contributed by atoms with Crippen LogP contribution in [0.15, 0.2) is 71.6 Å². The van der Waals surface area contributed by atoms with Crippen LogP contribution < -0.4 is 5.32 Å². The van der Waals surface area contributed by atoms with Crippen LogP contribution in [-0.2, 0) is 0 Å². The van der Waals surface area contributed by atoms with E-state index in [-0.39, 0.29) is 40.3 Å². The molecule has 34 heavy (non-hydrogen) atoms. The minimum Gasteiger partial charge on any atom is -0.378 e. The van der Waals surface area contributed by atoms with Gasteiger partial charge in [-0.3, -0.25) is 20.2 Å². The van der Waals surface area contributed by atoms with Gasteiger partial charge in [-0.05, 0) is 47.7 Å². The average molecular weight is 500 g/mol. The molecule has 0 unspecified atom stereocenters. The first-order chi connectivity index (χ1) is 16.3. The molecule has 0 aromatic heterocycles. The number of nitrogens with zero attached hydrogens (tertiary/aromatic N) is 2. The second-order valence-electron chi connectivity index (χ2n) is 8.45. The monoisotopic (exact) mass is 499 g/mol. The topological polar surface area (TPSA) is 98.3 Å². The molecule has 0 radical (unpaired) electrons. The van der Waals surface area contributed by atoms with Crippen molar-refractivity contribution in [3.63, 3.8) is 0 Å². The van der Waals surface area contributed by atoms with Crippen molar-refractivity contribution in [2.75, 3.05) is 5.32 Å². The lowest BCUT2D eigenvalue weighted by molar-refractivity contribution is -0.387. The number of rotatable bonds is 5. The Labute approximate surface area is 203 Å². The van der Waals surface area contributed by atoms with Crippen molar-refractivity contribution in [1.29, 1.82) is 0 Å². The number of fused-ring (bicyclic) bond motifs is 3. The van der Waals surface area contributed by atoms with E-state index in [1.165, 1.54) is 36.0 Å². The van der Waals surface area contributed by atoms with E-state index in [0.29, 0.717) is 11.3 Å². The molecule has 3 aromatic carbocycles. The smallest absolute Gasteiger partial charge is 0.282 e. The number of nitrogens with one attached hydrogen (secondary N) is 1. The summed E-state index contributed by atoms with van der Waals surface area (Å²) in [5.74, 6) is -0.588. The van der Waals surface area contributed by atoms with Gasteiger partial charge in [-0.25, -0.2) is 4.39 Å². The number of thioether (sulfide) groups is 1. The van der Waals surface area contributed by atoms with Crippen molar-refractivity contribution in [3.05, 3.63) is 104 Å². The highest BCUT2D eigenvalue weighted by atomic mass is 35.5. The standard InChI is InChI=1S/C24H19ClFN3O4S/c25-23-21(34-20-4-2-1-3-19(20)29(32)33)12-17-22(23)16-11-15(28(30)31)9-10-18(16)27-24(17)13-5-7-14(26)8-6-13/h1-11,17,21-24,27H,12H2/t17-,21+,22-,23+,24+/m0/s1.